The molecular weight excluding hydrogens is 436 g/mol. The van der Waals surface area contributed by atoms with Crippen molar-refractivity contribution in [3.05, 3.63) is 59.1 Å². The highest BCUT2D eigenvalue weighted by Gasteiger charge is 2.08. The number of benzene rings is 2. The van der Waals surface area contributed by atoms with Gasteiger partial charge in [0.05, 0.1) is 16.9 Å². The Kier molecular flexibility index (Phi) is 10.7. The van der Waals surface area contributed by atoms with Gasteiger partial charge in [0.2, 0.25) is 11.8 Å². The Morgan fingerprint density at radius 3 is 2.50 bits per heavy atom. The van der Waals surface area contributed by atoms with E-state index >= 15 is 0 Å². The number of nitrogens with one attached hydrogen (secondary N) is 3. The number of carbonyl (C=O) groups excluding carboxylic acids is 3. The number of halogens is 1. The third-order valence-electron chi connectivity index (χ3n) is 3.97. The van der Waals surface area contributed by atoms with Crippen LogP contribution in [-0.4, -0.2) is 50.8 Å². The molecule has 0 atom stereocenters. The normalized spacial score (nSPS) is 10.6. The number of hydrogen-bond acceptors (Lipinski definition) is 6. The Morgan fingerprint density at radius 2 is 1.78 bits per heavy atom. The molecule has 0 radical (unpaired) electrons. The SMILES string of the molecule is COCCCNC(=O)CC(=O)N/N=C/c1ccc(OCC(=O)Nc2ccccc2Cl)cc1. The Bertz CT molecular complexity index is 934. The molecule has 0 fully saturated rings. The Morgan fingerprint density at radius 1 is 1.03 bits per heavy atom. The van der Waals surface area contributed by atoms with E-state index in [2.05, 4.69) is 21.2 Å². The van der Waals surface area contributed by atoms with Crippen molar-refractivity contribution in [3.63, 3.8) is 0 Å². The summed E-state index contributed by atoms with van der Waals surface area (Å²) in [6.07, 6.45) is 1.80. The van der Waals surface area contributed by atoms with Crippen LogP contribution in [0.1, 0.15) is 18.4 Å². The van der Waals surface area contributed by atoms with E-state index in [1.54, 1.807) is 55.6 Å². The molecule has 2 aromatic rings. The minimum absolute atomic E-state index is 0.178. The van der Waals surface area contributed by atoms with E-state index in [4.69, 9.17) is 21.1 Å². The number of ether oxygens (including phenoxy) is 2. The van der Waals surface area contributed by atoms with Crippen LogP contribution in [0.25, 0.3) is 0 Å². The first-order chi connectivity index (χ1) is 15.5. The highest BCUT2D eigenvalue weighted by molar-refractivity contribution is 6.33. The highest BCUT2D eigenvalue weighted by atomic mass is 35.5. The van der Waals surface area contributed by atoms with Crippen LogP contribution in [0.15, 0.2) is 53.6 Å². The zero-order valence-electron chi connectivity index (χ0n) is 17.6. The lowest BCUT2D eigenvalue weighted by molar-refractivity contribution is -0.129. The van der Waals surface area contributed by atoms with Crippen molar-refractivity contribution in [2.24, 2.45) is 5.10 Å². The van der Waals surface area contributed by atoms with Crippen LogP contribution in [0.4, 0.5) is 5.69 Å². The van der Waals surface area contributed by atoms with Gasteiger partial charge in [-0.15, -0.1) is 0 Å². The van der Waals surface area contributed by atoms with Crippen LogP contribution < -0.4 is 20.8 Å². The molecule has 0 heterocycles. The molecule has 32 heavy (non-hydrogen) atoms. The first kappa shape index (κ1) is 24.8. The van der Waals surface area contributed by atoms with Crippen molar-refractivity contribution in [1.29, 1.82) is 0 Å². The molecule has 0 aromatic heterocycles. The lowest BCUT2D eigenvalue weighted by Gasteiger charge is -2.08. The van der Waals surface area contributed by atoms with Crippen molar-refractivity contribution in [3.8, 4) is 5.75 Å². The van der Waals surface area contributed by atoms with E-state index in [0.29, 0.717) is 41.6 Å². The first-order valence-corrected chi connectivity index (χ1v) is 10.2. The predicted molar refractivity (Wildman–Crippen MR) is 122 cm³/mol. The van der Waals surface area contributed by atoms with Crippen molar-refractivity contribution in [2.45, 2.75) is 12.8 Å². The lowest BCUT2D eigenvalue weighted by Crippen LogP contribution is -2.30. The molecule has 9 nitrogen and oxygen atoms in total. The molecule has 0 spiro atoms. The van der Waals surface area contributed by atoms with Gasteiger partial charge in [0.25, 0.3) is 5.91 Å². The molecule has 0 aliphatic carbocycles. The van der Waals surface area contributed by atoms with Crippen LogP contribution >= 0.6 is 11.6 Å². The van der Waals surface area contributed by atoms with Gasteiger partial charge in [-0.05, 0) is 48.4 Å². The molecule has 2 rings (SSSR count). The fraction of sp³-hybridized carbons (Fsp3) is 0.273. The van der Waals surface area contributed by atoms with Crippen molar-refractivity contribution in [2.75, 3.05) is 32.2 Å². The maximum absolute atomic E-state index is 12.0. The fourth-order valence-corrected chi connectivity index (χ4v) is 2.60. The molecular formula is C22H25ClN4O5. The van der Waals surface area contributed by atoms with Crippen LogP contribution in [-0.2, 0) is 19.1 Å². The lowest BCUT2D eigenvalue weighted by atomic mass is 10.2. The molecule has 2 aromatic carbocycles. The van der Waals surface area contributed by atoms with Gasteiger partial charge in [-0.2, -0.15) is 5.10 Å². The summed E-state index contributed by atoms with van der Waals surface area (Å²) in [5.74, 6) is -0.747. The van der Waals surface area contributed by atoms with Crippen LogP contribution in [0, 0.1) is 0 Å². The number of hydrogen-bond donors (Lipinski definition) is 3. The summed E-state index contributed by atoms with van der Waals surface area (Å²) in [5, 5.41) is 9.55. The summed E-state index contributed by atoms with van der Waals surface area (Å²) < 4.78 is 10.3. The number of nitrogens with zero attached hydrogens (tertiary/aromatic N) is 1. The van der Waals surface area contributed by atoms with E-state index in [9.17, 15) is 14.4 Å². The number of methoxy groups -OCH3 is 1. The molecule has 170 valence electrons. The zero-order valence-corrected chi connectivity index (χ0v) is 18.4. The molecule has 3 amide bonds. The van der Waals surface area contributed by atoms with Gasteiger partial charge in [-0.25, -0.2) is 5.43 Å². The average molecular weight is 461 g/mol. The highest BCUT2D eigenvalue weighted by Crippen LogP contribution is 2.20. The quantitative estimate of drug-likeness (QED) is 0.194. The summed E-state index contributed by atoms with van der Waals surface area (Å²) in [4.78, 5) is 35.3. The average Bonchev–Trinajstić information content (AvgIpc) is 2.78. The smallest absolute Gasteiger partial charge is 0.262 e. The summed E-state index contributed by atoms with van der Waals surface area (Å²) in [6, 6.07) is 13.7. The summed E-state index contributed by atoms with van der Waals surface area (Å²) in [5.41, 5.74) is 3.51. The first-order valence-electron chi connectivity index (χ1n) is 9.82. The van der Waals surface area contributed by atoms with Gasteiger partial charge in [-0.3, -0.25) is 14.4 Å². The maximum atomic E-state index is 12.0. The largest absolute Gasteiger partial charge is 0.484 e. The fourth-order valence-electron chi connectivity index (χ4n) is 2.42. The molecule has 10 heteroatoms. The van der Waals surface area contributed by atoms with Gasteiger partial charge in [-0.1, -0.05) is 23.7 Å². The van der Waals surface area contributed by atoms with Gasteiger partial charge in [0, 0.05) is 20.3 Å². The summed E-state index contributed by atoms with van der Waals surface area (Å²) in [7, 11) is 1.58. The Balaban J connectivity index is 1.70. The van der Waals surface area contributed by atoms with Gasteiger partial charge in [0.15, 0.2) is 6.61 Å². The van der Waals surface area contributed by atoms with E-state index in [-0.39, 0.29) is 24.8 Å². The van der Waals surface area contributed by atoms with Crippen LogP contribution in [0.5, 0.6) is 5.75 Å². The number of amides is 3. The minimum Gasteiger partial charge on any atom is -0.484 e. The van der Waals surface area contributed by atoms with Gasteiger partial charge in [0.1, 0.15) is 12.2 Å². The van der Waals surface area contributed by atoms with Crippen molar-refractivity contribution >= 4 is 41.2 Å². The molecule has 0 aliphatic heterocycles. The third kappa shape index (κ3) is 9.59. The summed E-state index contributed by atoms with van der Waals surface area (Å²) in [6.45, 7) is 0.803. The van der Waals surface area contributed by atoms with Crippen LogP contribution in [0.3, 0.4) is 0 Å². The predicted octanol–water partition coefficient (Wildman–Crippen LogP) is 2.35. The van der Waals surface area contributed by atoms with E-state index in [0.717, 1.165) is 0 Å². The number of para-hydroxylation sites is 1. The second kappa shape index (κ2) is 13.8. The summed E-state index contributed by atoms with van der Waals surface area (Å²) >= 11 is 6.00. The van der Waals surface area contributed by atoms with Crippen LogP contribution in [0.2, 0.25) is 5.02 Å². The number of anilines is 1. The number of hydrazone groups is 1. The monoisotopic (exact) mass is 460 g/mol. The third-order valence-corrected chi connectivity index (χ3v) is 4.30. The van der Waals surface area contributed by atoms with E-state index in [1.807, 2.05) is 0 Å². The minimum atomic E-state index is -0.519. The number of rotatable bonds is 12. The Labute approximate surface area is 191 Å². The van der Waals surface area contributed by atoms with Gasteiger partial charge >= 0.3 is 0 Å². The van der Waals surface area contributed by atoms with Crippen molar-refractivity contribution in [1.82, 2.24) is 10.7 Å². The molecule has 0 aliphatic rings. The number of carbonyl (C=O) groups is 3. The second-order valence-corrected chi connectivity index (χ2v) is 6.96. The molecule has 3 N–H and O–H groups in total. The van der Waals surface area contributed by atoms with Gasteiger partial charge < -0.3 is 20.1 Å². The molecule has 0 unspecified atom stereocenters. The standard InChI is InChI=1S/C22H25ClN4O5/c1-31-12-4-11-24-20(28)13-21(29)27-25-14-16-7-9-17(10-8-16)32-15-22(30)26-19-6-3-2-5-18(19)23/h2-3,5-10,14H,4,11-13,15H2,1H3,(H,24,28)(H,26,30)(H,27,29)/b25-14+. The van der Waals surface area contributed by atoms with E-state index < -0.39 is 5.91 Å². The second-order valence-electron chi connectivity index (χ2n) is 6.55. The van der Waals surface area contributed by atoms with E-state index in [1.165, 1.54) is 6.21 Å². The molecule has 0 saturated carbocycles. The molecule has 0 bridgehead atoms. The maximum Gasteiger partial charge on any atom is 0.262 e. The molecule has 0 saturated heterocycles. The zero-order chi connectivity index (χ0) is 23.2. The van der Waals surface area contributed by atoms with Crippen molar-refractivity contribution < 1.29 is 23.9 Å². The Hall–Kier alpha value is -3.43. The topological polar surface area (TPSA) is 118 Å².